The zero-order valence-corrected chi connectivity index (χ0v) is 10.6. The van der Waals surface area contributed by atoms with Gasteiger partial charge in [0.1, 0.15) is 0 Å². The van der Waals surface area contributed by atoms with Gasteiger partial charge in [0.05, 0.1) is 24.5 Å². The summed E-state index contributed by atoms with van der Waals surface area (Å²) in [5.41, 5.74) is -0.342. The maximum Gasteiger partial charge on any atom is 0.306 e. The Morgan fingerprint density at radius 1 is 1.56 bits per heavy atom. The second-order valence-corrected chi connectivity index (χ2v) is 5.33. The molecule has 2 fully saturated rings. The van der Waals surface area contributed by atoms with Crippen LogP contribution in [0.2, 0.25) is 0 Å². The number of hydrogen-bond acceptors (Lipinski definition) is 4. The first-order chi connectivity index (χ1) is 8.51. The van der Waals surface area contributed by atoms with Crippen molar-refractivity contribution < 1.29 is 19.4 Å². The van der Waals surface area contributed by atoms with Crippen LogP contribution in [0.5, 0.6) is 0 Å². The van der Waals surface area contributed by atoms with Crippen LogP contribution in [-0.2, 0) is 14.3 Å². The predicted octanol–water partition coefficient (Wildman–Crippen LogP) is -0.312. The van der Waals surface area contributed by atoms with Crippen molar-refractivity contribution >= 4 is 11.9 Å². The van der Waals surface area contributed by atoms with Gasteiger partial charge in [-0.25, -0.2) is 0 Å². The van der Waals surface area contributed by atoms with Crippen molar-refractivity contribution in [3.63, 3.8) is 0 Å². The Balaban J connectivity index is 1.95. The molecular weight excluding hydrogens is 236 g/mol. The summed E-state index contributed by atoms with van der Waals surface area (Å²) in [6, 6.07) is 0. The molecule has 6 nitrogen and oxygen atoms in total. The minimum absolute atomic E-state index is 0.0429. The van der Waals surface area contributed by atoms with Crippen LogP contribution in [0.15, 0.2) is 0 Å². The lowest BCUT2D eigenvalue weighted by atomic mass is 9.87. The van der Waals surface area contributed by atoms with Gasteiger partial charge in [0, 0.05) is 19.6 Å². The number of nitrogens with zero attached hydrogens (tertiary/aromatic N) is 1. The maximum absolute atomic E-state index is 12.4. The number of rotatable bonds is 3. The lowest BCUT2D eigenvalue weighted by Crippen LogP contribution is -2.51. The van der Waals surface area contributed by atoms with Gasteiger partial charge < -0.3 is 20.1 Å². The van der Waals surface area contributed by atoms with E-state index < -0.39 is 5.97 Å². The Kier molecular flexibility index (Phi) is 3.87. The molecule has 2 N–H and O–H groups in total. The van der Waals surface area contributed by atoms with Crippen molar-refractivity contribution in [3.05, 3.63) is 0 Å². The average molecular weight is 256 g/mol. The molecule has 2 heterocycles. The summed E-state index contributed by atoms with van der Waals surface area (Å²) in [6.07, 6.45) is 0.420. The van der Waals surface area contributed by atoms with Crippen LogP contribution in [0.4, 0.5) is 0 Å². The smallest absolute Gasteiger partial charge is 0.306 e. The van der Waals surface area contributed by atoms with Gasteiger partial charge in [-0.1, -0.05) is 0 Å². The summed E-state index contributed by atoms with van der Waals surface area (Å²) in [6.45, 7) is 4.91. The van der Waals surface area contributed by atoms with Gasteiger partial charge in [0.2, 0.25) is 5.91 Å². The minimum Gasteiger partial charge on any atom is -0.481 e. The van der Waals surface area contributed by atoms with Crippen LogP contribution < -0.4 is 5.32 Å². The Bertz CT molecular complexity index is 339. The Morgan fingerprint density at radius 2 is 2.33 bits per heavy atom. The van der Waals surface area contributed by atoms with Crippen molar-refractivity contribution in [2.75, 3.05) is 32.8 Å². The first-order valence-corrected chi connectivity index (χ1v) is 6.35. The Labute approximate surface area is 106 Å². The quantitative estimate of drug-likeness (QED) is 0.724. The second kappa shape index (κ2) is 5.24. The molecule has 0 saturated carbocycles. The molecule has 0 aromatic rings. The van der Waals surface area contributed by atoms with E-state index in [1.54, 1.807) is 4.90 Å². The zero-order chi connectivity index (χ0) is 13.2. The number of amides is 1. The van der Waals surface area contributed by atoms with Gasteiger partial charge in [-0.15, -0.1) is 0 Å². The van der Waals surface area contributed by atoms with Gasteiger partial charge in [-0.3, -0.25) is 9.59 Å². The van der Waals surface area contributed by atoms with Crippen LogP contribution in [0, 0.1) is 5.41 Å². The molecule has 2 unspecified atom stereocenters. The van der Waals surface area contributed by atoms with Crippen LogP contribution in [0.1, 0.15) is 19.8 Å². The molecule has 2 rings (SSSR count). The van der Waals surface area contributed by atoms with E-state index in [-0.39, 0.29) is 23.8 Å². The van der Waals surface area contributed by atoms with E-state index in [1.165, 1.54) is 0 Å². The van der Waals surface area contributed by atoms with E-state index >= 15 is 0 Å². The summed E-state index contributed by atoms with van der Waals surface area (Å²) in [5, 5.41) is 12.0. The van der Waals surface area contributed by atoms with Gasteiger partial charge in [0.15, 0.2) is 0 Å². The zero-order valence-electron chi connectivity index (χ0n) is 10.6. The van der Waals surface area contributed by atoms with E-state index in [1.807, 2.05) is 6.92 Å². The summed E-state index contributed by atoms with van der Waals surface area (Å²) >= 11 is 0. The van der Waals surface area contributed by atoms with Crippen LogP contribution >= 0.6 is 0 Å². The van der Waals surface area contributed by atoms with E-state index in [2.05, 4.69) is 5.32 Å². The normalized spacial score (nSPS) is 32.5. The van der Waals surface area contributed by atoms with Crippen LogP contribution in [0.3, 0.4) is 0 Å². The molecule has 0 aromatic carbocycles. The maximum atomic E-state index is 12.4. The molecule has 2 aliphatic rings. The fourth-order valence-electron chi connectivity index (χ4n) is 2.60. The third-order valence-electron chi connectivity index (χ3n) is 3.71. The topological polar surface area (TPSA) is 78.9 Å². The molecule has 0 aliphatic carbocycles. The number of nitrogens with one attached hydrogen (secondary N) is 1. The van der Waals surface area contributed by atoms with Crippen LogP contribution in [-0.4, -0.2) is 60.8 Å². The van der Waals surface area contributed by atoms with Gasteiger partial charge in [-0.2, -0.15) is 0 Å². The van der Waals surface area contributed by atoms with Crippen molar-refractivity contribution in [1.82, 2.24) is 10.2 Å². The molecule has 2 atom stereocenters. The molecule has 1 amide bonds. The molecule has 2 aliphatic heterocycles. The molecule has 0 aromatic heterocycles. The van der Waals surface area contributed by atoms with Gasteiger partial charge in [-0.05, 0) is 19.9 Å². The lowest BCUT2D eigenvalue weighted by Gasteiger charge is -2.37. The average Bonchev–Trinajstić information content (AvgIpc) is 2.76. The summed E-state index contributed by atoms with van der Waals surface area (Å²) in [5.74, 6) is -0.769. The largest absolute Gasteiger partial charge is 0.481 e. The number of morpholine rings is 1. The molecule has 0 radical (unpaired) electrons. The lowest BCUT2D eigenvalue weighted by molar-refractivity contribution is -0.152. The molecular formula is C12H20N2O4. The number of aliphatic carboxylic acids is 1. The highest BCUT2D eigenvalue weighted by Crippen LogP contribution is 2.28. The predicted molar refractivity (Wildman–Crippen MR) is 64.2 cm³/mol. The third-order valence-corrected chi connectivity index (χ3v) is 3.71. The van der Waals surface area contributed by atoms with Gasteiger partial charge >= 0.3 is 5.97 Å². The fourth-order valence-corrected chi connectivity index (χ4v) is 2.60. The van der Waals surface area contributed by atoms with E-state index in [9.17, 15) is 9.59 Å². The van der Waals surface area contributed by atoms with Crippen molar-refractivity contribution in [2.45, 2.75) is 25.9 Å². The van der Waals surface area contributed by atoms with E-state index in [4.69, 9.17) is 9.84 Å². The summed E-state index contributed by atoms with van der Waals surface area (Å²) in [4.78, 5) is 24.9. The molecule has 0 bridgehead atoms. The highest BCUT2D eigenvalue weighted by Gasteiger charge is 2.40. The molecule has 2 saturated heterocycles. The Hall–Kier alpha value is -1.14. The minimum atomic E-state index is -0.886. The molecule has 6 heteroatoms. The first-order valence-electron chi connectivity index (χ1n) is 6.35. The molecule has 0 spiro atoms. The fraction of sp³-hybridized carbons (Fsp3) is 0.833. The SMILES string of the molecule is CC1(C(=O)N2CCOC(CC(=O)O)C2)CCNC1. The summed E-state index contributed by atoms with van der Waals surface area (Å²) in [7, 11) is 0. The first kappa shape index (κ1) is 13.3. The van der Waals surface area contributed by atoms with E-state index in [0.29, 0.717) is 26.2 Å². The highest BCUT2D eigenvalue weighted by atomic mass is 16.5. The highest BCUT2D eigenvalue weighted by molar-refractivity contribution is 5.83. The Morgan fingerprint density at radius 3 is 2.94 bits per heavy atom. The number of carboxylic acid groups (broad SMARTS) is 1. The van der Waals surface area contributed by atoms with Gasteiger partial charge in [0.25, 0.3) is 0 Å². The second-order valence-electron chi connectivity index (χ2n) is 5.33. The number of carbonyl (C=O) groups is 2. The summed E-state index contributed by atoms with van der Waals surface area (Å²) < 4.78 is 5.37. The third kappa shape index (κ3) is 2.81. The van der Waals surface area contributed by atoms with E-state index in [0.717, 1.165) is 13.0 Å². The van der Waals surface area contributed by atoms with Crippen LogP contribution in [0.25, 0.3) is 0 Å². The number of carboxylic acids is 1. The van der Waals surface area contributed by atoms with Crippen molar-refractivity contribution in [3.8, 4) is 0 Å². The monoisotopic (exact) mass is 256 g/mol. The standard InChI is InChI=1S/C12H20N2O4/c1-12(2-3-13-8-12)11(17)14-4-5-18-9(7-14)6-10(15)16/h9,13H,2-8H2,1H3,(H,15,16). The van der Waals surface area contributed by atoms with Crippen molar-refractivity contribution in [1.29, 1.82) is 0 Å². The van der Waals surface area contributed by atoms with Crippen molar-refractivity contribution in [2.24, 2.45) is 5.41 Å². The number of carbonyl (C=O) groups excluding carboxylic acids is 1. The molecule has 18 heavy (non-hydrogen) atoms. The molecule has 102 valence electrons. The number of hydrogen-bond donors (Lipinski definition) is 2. The number of ether oxygens (including phenoxy) is 1.